The molecule has 0 saturated carbocycles. The number of rotatable bonds is 8. The van der Waals surface area contributed by atoms with Crippen molar-refractivity contribution in [2.75, 3.05) is 0 Å². The molecule has 0 heteroatoms. The van der Waals surface area contributed by atoms with Gasteiger partial charge in [-0.25, -0.2) is 0 Å². The first-order valence-corrected chi connectivity index (χ1v) is 18.9. The fourth-order valence-corrected chi connectivity index (χ4v) is 7.86. The van der Waals surface area contributed by atoms with Gasteiger partial charge in [0.25, 0.3) is 0 Å². The van der Waals surface area contributed by atoms with Crippen molar-refractivity contribution in [1.29, 1.82) is 0 Å². The maximum Gasteiger partial charge on any atom is -0.00239 e. The van der Waals surface area contributed by atoms with Crippen LogP contribution in [0.15, 0.2) is 195 Å². The van der Waals surface area contributed by atoms with E-state index in [2.05, 4.69) is 197 Å². The van der Waals surface area contributed by atoms with Crippen LogP contribution in [0.2, 0.25) is 0 Å². The molecule has 0 aliphatic carbocycles. The van der Waals surface area contributed by atoms with Crippen LogP contribution in [-0.2, 0) is 0 Å². The van der Waals surface area contributed by atoms with Crippen LogP contribution < -0.4 is 0 Å². The summed E-state index contributed by atoms with van der Waals surface area (Å²) >= 11 is 0. The van der Waals surface area contributed by atoms with Gasteiger partial charge >= 0.3 is 0 Å². The zero-order valence-corrected chi connectivity index (χ0v) is 31.7. The molecule has 0 amide bonds. The minimum Gasteiger partial charge on any atom is -0.0990 e. The predicted octanol–water partition coefficient (Wildman–Crippen LogP) is 15.5. The SMILES string of the molecule is C=C/C=C(\C=C)c1c(-c2ccccc2)c(C)c(/C(=C(\C)c2ccc3cc(-c4ccc5ccccc5c4)ccc3c2)c2ccccc2)c2ccccc12.CC. The van der Waals surface area contributed by atoms with Gasteiger partial charge in [-0.1, -0.05) is 191 Å². The van der Waals surface area contributed by atoms with Gasteiger partial charge in [-0.3, -0.25) is 0 Å². The van der Waals surface area contributed by atoms with E-state index in [0.29, 0.717) is 0 Å². The monoisotopic (exact) mass is 694 g/mol. The van der Waals surface area contributed by atoms with Gasteiger partial charge in [0.1, 0.15) is 0 Å². The molecule has 0 atom stereocenters. The molecule has 0 heterocycles. The molecule has 0 spiro atoms. The van der Waals surface area contributed by atoms with E-state index in [9.17, 15) is 0 Å². The molecule has 8 aromatic carbocycles. The summed E-state index contributed by atoms with van der Waals surface area (Å²) in [5, 5.41) is 7.37. The third-order valence-corrected chi connectivity index (χ3v) is 10.4. The van der Waals surface area contributed by atoms with Crippen LogP contribution >= 0.6 is 0 Å². The lowest BCUT2D eigenvalue weighted by molar-refractivity contribution is 1.41. The maximum absolute atomic E-state index is 4.23. The molecule has 0 N–H and O–H groups in total. The molecule has 0 aromatic heterocycles. The van der Waals surface area contributed by atoms with E-state index < -0.39 is 0 Å². The van der Waals surface area contributed by atoms with Gasteiger partial charge in [-0.05, 0) is 131 Å². The van der Waals surface area contributed by atoms with E-state index in [-0.39, 0.29) is 0 Å². The van der Waals surface area contributed by atoms with Crippen molar-refractivity contribution in [3.05, 3.63) is 223 Å². The molecular weight excluding hydrogens is 649 g/mol. The summed E-state index contributed by atoms with van der Waals surface area (Å²) in [4.78, 5) is 0. The van der Waals surface area contributed by atoms with Gasteiger partial charge in [0.15, 0.2) is 0 Å². The summed E-state index contributed by atoms with van der Waals surface area (Å²) in [5.41, 5.74) is 14.4. The van der Waals surface area contributed by atoms with Crippen molar-refractivity contribution in [1.82, 2.24) is 0 Å². The fraction of sp³-hybridized carbons (Fsp3) is 0.0741. The Morgan fingerprint density at radius 2 is 1.00 bits per heavy atom. The quantitative estimate of drug-likeness (QED) is 0.110. The van der Waals surface area contributed by atoms with Crippen LogP contribution in [0.25, 0.3) is 71.3 Å². The molecule has 0 aliphatic heterocycles. The Balaban J connectivity index is 0.00000221. The molecule has 262 valence electrons. The number of fused-ring (bicyclic) bond motifs is 3. The standard InChI is InChI=1S/C52H40.C2H6/c1-5-17-37(6-2)52-48-25-16-15-24-47(48)51(36(4)50(52)40-21-11-8-12-22-40)49(39-19-9-7-10-20-39)35(3)41-27-29-45-34-46(31-30-43(45)32-41)44-28-26-38-18-13-14-23-42(38)33-44;1-2/h5-34H,1-2H2,3-4H3;1-2H3/b37-17+,49-35+;. The molecule has 0 fully saturated rings. The predicted molar refractivity (Wildman–Crippen MR) is 239 cm³/mol. The lowest BCUT2D eigenvalue weighted by Crippen LogP contribution is -2.03. The molecule has 0 radical (unpaired) electrons. The molecular formula is C54H46. The van der Waals surface area contributed by atoms with E-state index >= 15 is 0 Å². The van der Waals surface area contributed by atoms with Crippen molar-refractivity contribution in [3.8, 4) is 22.3 Å². The molecule has 8 aromatic rings. The molecule has 0 saturated heterocycles. The molecule has 0 bridgehead atoms. The van der Waals surface area contributed by atoms with E-state index in [1.807, 2.05) is 26.0 Å². The van der Waals surface area contributed by atoms with E-state index in [0.717, 1.165) is 5.57 Å². The van der Waals surface area contributed by atoms with Crippen molar-refractivity contribution < 1.29 is 0 Å². The third-order valence-electron chi connectivity index (χ3n) is 10.4. The highest BCUT2D eigenvalue weighted by molar-refractivity contribution is 6.14. The van der Waals surface area contributed by atoms with Crippen LogP contribution in [0, 0.1) is 6.92 Å². The van der Waals surface area contributed by atoms with Crippen molar-refractivity contribution >= 4 is 49.0 Å². The summed E-state index contributed by atoms with van der Waals surface area (Å²) in [7, 11) is 0. The van der Waals surface area contributed by atoms with Crippen molar-refractivity contribution in [3.63, 3.8) is 0 Å². The fourth-order valence-electron chi connectivity index (χ4n) is 7.86. The van der Waals surface area contributed by atoms with Gasteiger partial charge in [0, 0.05) is 0 Å². The Kier molecular flexibility index (Phi) is 10.7. The highest BCUT2D eigenvalue weighted by Gasteiger charge is 2.23. The van der Waals surface area contributed by atoms with Crippen LogP contribution in [0.3, 0.4) is 0 Å². The molecule has 8 rings (SSSR count). The second-order valence-corrected chi connectivity index (χ2v) is 13.4. The third kappa shape index (κ3) is 6.75. The number of hydrogen-bond acceptors (Lipinski definition) is 0. The molecule has 0 nitrogen and oxygen atoms in total. The summed E-state index contributed by atoms with van der Waals surface area (Å²) < 4.78 is 0. The van der Waals surface area contributed by atoms with Gasteiger partial charge < -0.3 is 0 Å². The smallest absolute Gasteiger partial charge is 0.00239 e. The zero-order chi connectivity index (χ0) is 37.6. The van der Waals surface area contributed by atoms with Gasteiger partial charge in [0.05, 0.1) is 0 Å². The first kappa shape index (κ1) is 35.9. The second-order valence-electron chi connectivity index (χ2n) is 13.4. The Morgan fingerprint density at radius 1 is 0.481 bits per heavy atom. The van der Waals surface area contributed by atoms with E-state index in [1.54, 1.807) is 0 Å². The minimum absolute atomic E-state index is 1.05. The summed E-state index contributed by atoms with van der Waals surface area (Å²) in [5.74, 6) is 0. The molecule has 0 aliphatic rings. The van der Waals surface area contributed by atoms with Gasteiger partial charge in [-0.2, -0.15) is 0 Å². The topological polar surface area (TPSA) is 0 Å². The lowest BCUT2D eigenvalue weighted by Gasteiger charge is -2.25. The first-order chi connectivity index (χ1) is 26.6. The Morgan fingerprint density at radius 3 is 1.65 bits per heavy atom. The molecule has 54 heavy (non-hydrogen) atoms. The van der Waals surface area contributed by atoms with Gasteiger partial charge in [0.2, 0.25) is 0 Å². The Bertz CT molecular complexity index is 2700. The summed E-state index contributed by atoms with van der Waals surface area (Å²) in [6, 6.07) is 59.5. The first-order valence-electron chi connectivity index (χ1n) is 18.9. The summed E-state index contributed by atoms with van der Waals surface area (Å²) in [6.45, 7) is 16.8. The van der Waals surface area contributed by atoms with Crippen molar-refractivity contribution in [2.24, 2.45) is 0 Å². The van der Waals surface area contributed by atoms with E-state index in [1.165, 1.54) is 93.5 Å². The lowest BCUT2D eigenvalue weighted by atomic mass is 9.78. The average molecular weight is 695 g/mol. The summed E-state index contributed by atoms with van der Waals surface area (Å²) in [6.07, 6.45) is 5.88. The number of benzene rings is 8. The Labute approximate surface area is 320 Å². The number of allylic oxidation sites excluding steroid dienone is 5. The molecule has 0 unspecified atom stereocenters. The Hall–Kier alpha value is -6.50. The second kappa shape index (κ2) is 16.0. The maximum atomic E-state index is 4.23. The van der Waals surface area contributed by atoms with Crippen LogP contribution in [0.4, 0.5) is 0 Å². The largest absolute Gasteiger partial charge is 0.0990 e. The highest BCUT2D eigenvalue weighted by Crippen LogP contribution is 2.46. The van der Waals surface area contributed by atoms with E-state index in [4.69, 9.17) is 0 Å². The zero-order valence-electron chi connectivity index (χ0n) is 31.7. The van der Waals surface area contributed by atoms with Crippen LogP contribution in [0.1, 0.15) is 48.6 Å². The van der Waals surface area contributed by atoms with Crippen LogP contribution in [0.5, 0.6) is 0 Å². The normalized spacial score (nSPS) is 11.9. The van der Waals surface area contributed by atoms with Crippen molar-refractivity contribution in [2.45, 2.75) is 27.7 Å². The minimum atomic E-state index is 1.05. The van der Waals surface area contributed by atoms with Crippen LogP contribution in [-0.4, -0.2) is 0 Å². The average Bonchev–Trinajstić information content (AvgIpc) is 3.24. The highest BCUT2D eigenvalue weighted by atomic mass is 14.3. The van der Waals surface area contributed by atoms with Gasteiger partial charge in [-0.15, -0.1) is 0 Å². The number of hydrogen-bond donors (Lipinski definition) is 0.